The molecular weight excluding hydrogens is 256 g/mol. The maximum Gasteiger partial charge on any atom is 0.321 e. The number of fused-ring (bicyclic) bond motifs is 1. The third-order valence-corrected chi connectivity index (χ3v) is 3.28. The van der Waals surface area contributed by atoms with Crippen molar-refractivity contribution in [3.63, 3.8) is 0 Å². The lowest BCUT2D eigenvalue weighted by Gasteiger charge is -2.10. The molecule has 0 saturated carbocycles. The molecular formula is C15H20N2O3. The molecule has 0 spiro atoms. The van der Waals surface area contributed by atoms with Crippen LogP contribution in [0.5, 0.6) is 5.75 Å². The zero-order valence-electron chi connectivity index (χ0n) is 11.8. The molecule has 108 valence electrons. The van der Waals surface area contributed by atoms with Gasteiger partial charge in [-0.15, -0.1) is 0 Å². The Morgan fingerprint density at radius 1 is 1.50 bits per heavy atom. The number of aromatic nitrogens is 1. The van der Waals surface area contributed by atoms with Crippen LogP contribution < -0.4 is 10.1 Å². The van der Waals surface area contributed by atoms with Crippen molar-refractivity contribution in [2.24, 2.45) is 0 Å². The predicted octanol–water partition coefficient (Wildman–Crippen LogP) is 2.17. The Hall–Kier alpha value is -2.01. The molecule has 0 radical (unpaired) electrons. The van der Waals surface area contributed by atoms with Crippen molar-refractivity contribution in [2.45, 2.75) is 25.8 Å². The van der Waals surface area contributed by atoms with E-state index in [1.54, 1.807) is 7.05 Å². The van der Waals surface area contributed by atoms with Gasteiger partial charge in [-0.1, -0.05) is 6.92 Å². The van der Waals surface area contributed by atoms with Crippen LogP contribution in [0.15, 0.2) is 24.4 Å². The average molecular weight is 276 g/mol. The van der Waals surface area contributed by atoms with Crippen molar-refractivity contribution >= 4 is 16.9 Å². The smallest absolute Gasteiger partial charge is 0.321 e. The fraction of sp³-hybridized carbons (Fsp3) is 0.400. The second-order valence-corrected chi connectivity index (χ2v) is 4.75. The van der Waals surface area contributed by atoms with E-state index in [0.717, 1.165) is 28.6 Å². The zero-order chi connectivity index (χ0) is 14.5. The van der Waals surface area contributed by atoms with E-state index in [2.05, 4.69) is 17.2 Å². The summed E-state index contributed by atoms with van der Waals surface area (Å²) in [5.41, 5.74) is 1.96. The highest BCUT2D eigenvalue weighted by Crippen LogP contribution is 2.24. The normalized spacial score (nSPS) is 12.5. The summed E-state index contributed by atoms with van der Waals surface area (Å²) in [5.74, 6) is -0.0131. The van der Waals surface area contributed by atoms with Crippen LogP contribution in [0.1, 0.15) is 18.9 Å². The summed E-state index contributed by atoms with van der Waals surface area (Å²) in [7, 11) is 1.66. The maximum atomic E-state index is 11.1. The molecule has 20 heavy (non-hydrogen) atoms. The molecule has 0 saturated heterocycles. The van der Waals surface area contributed by atoms with Gasteiger partial charge in [-0.2, -0.15) is 0 Å². The fourth-order valence-corrected chi connectivity index (χ4v) is 2.18. The summed E-state index contributed by atoms with van der Waals surface area (Å²) in [6, 6.07) is 5.26. The van der Waals surface area contributed by atoms with Gasteiger partial charge in [0.1, 0.15) is 11.8 Å². The molecule has 5 nitrogen and oxygen atoms in total. The van der Waals surface area contributed by atoms with Crippen LogP contribution >= 0.6 is 0 Å². The fourth-order valence-electron chi connectivity index (χ4n) is 2.18. The number of carboxylic acid groups (broad SMARTS) is 1. The van der Waals surface area contributed by atoms with Gasteiger partial charge >= 0.3 is 5.97 Å². The number of aromatic amines is 1. The van der Waals surface area contributed by atoms with E-state index >= 15 is 0 Å². The molecule has 2 rings (SSSR count). The van der Waals surface area contributed by atoms with Crippen molar-refractivity contribution < 1.29 is 14.6 Å². The van der Waals surface area contributed by atoms with Gasteiger partial charge in [0.05, 0.1) is 6.61 Å². The van der Waals surface area contributed by atoms with Gasteiger partial charge in [0, 0.05) is 29.6 Å². The molecule has 0 bridgehead atoms. The van der Waals surface area contributed by atoms with E-state index < -0.39 is 12.0 Å². The van der Waals surface area contributed by atoms with Crippen molar-refractivity contribution in [2.75, 3.05) is 13.7 Å². The molecule has 3 N–H and O–H groups in total. The number of nitrogens with one attached hydrogen (secondary N) is 2. The lowest BCUT2D eigenvalue weighted by molar-refractivity contribution is -0.139. The topological polar surface area (TPSA) is 74.3 Å². The van der Waals surface area contributed by atoms with Gasteiger partial charge in [-0.05, 0) is 31.2 Å². The Labute approximate surface area is 117 Å². The number of H-pyrrole nitrogens is 1. The van der Waals surface area contributed by atoms with Crippen molar-refractivity contribution in [3.8, 4) is 5.75 Å². The van der Waals surface area contributed by atoms with Crippen molar-refractivity contribution in [1.82, 2.24) is 10.3 Å². The number of carbonyl (C=O) groups is 1. The number of likely N-dealkylation sites (N-methyl/N-ethyl adjacent to an activating group) is 1. The average Bonchev–Trinajstić information content (AvgIpc) is 2.84. The monoisotopic (exact) mass is 276 g/mol. The first kappa shape index (κ1) is 14.4. The molecule has 0 fully saturated rings. The molecule has 1 aromatic carbocycles. The Morgan fingerprint density at radius 3 is 2.95 bits per heavy atom. The molecule has 1 heterocycles. The highest BCUT2D eigenvalue weighted by molar-refractivity contribution is 5.85. The quantitative estimate of drug-likeness (QED) is 0.724. The summed E-state index contributed by atoms with van der Waals surface area (Å²) < 4.78 is 5.59. The number of rotatable bonds is 7. The summed E-state index contributed by atoms with van der Waals surface area (Å²) >= 11 is 0. The molecule has 1 atom stereocenters. The Balaban J connectivity index is 2.21. The van der Waals surface area contributed by atoms with E-state index in [4.69, 9.17) is 9.84 Å². The largest absolute Gasteiger partial charge is 0.494 e. The minimum Gasteiger partial charge on any atom is -0.494 e. The molecule has 0 unspecified atom stereocenters. The van der Waals surface area contributed by atoms with Gasteiger partial charge in [-0.25, -0.2) is 0 Å². The van der Waals surface area contributed by atoms with Crippen LogP contribution in [0, 0.1) is 0 Å². The number of hydrogen-bond donors (Lipinski definition) is 3. The zero-order valence-corrected chi connectivity index (χ0v) is 11.8. The second kappa shape index (κ2) is 6.43. The van der Waals surface area contributed by atoms with Crippen LogP contribution in [0.3, 0.4) is 0 Å². The van der Waals surface area contributed by atoms with Crippen molar-refractivity contribution in [1.29, 1.82) is 0 Å². The first-order valence-electron chi connectivity index (χ1n) is 6.78. The van der Waals surface area contributed by atoms with Crippen molar-refractivity contribution in [3.05, 3.63) is 30.0 Å². The van der Waals surface area contributed by atoms with Crippen LogP contribution in [-0.2, 0) is 11.2 Å². The lowest BCUT2D eigenvalue weighted by Crippen LogP contribution is -2.35. The lowest BCUT2D eigenvalue weighted by atomic mass is 10.1. The van der Waals surface area contributed by atoms with Gasteiger partial charge < -0.3 is 20.1 Å². The molecule has 0 aliphatic rings. The summed E-state index contributed by atoms with van der Waals surface area (Å²) in [4.78, 5) is 14.2. The van der Waals surface area contributed by atoms with E-state index in [1.165, 1.54) is 0 Å². The Bertz CT molecular complexity index is 592. The molecule has 5 heteroatoms. The maximum absolute atomic E-state index is 11.1. The third-order valence-electron chi connectivity index (χ3n) is 3.28. The summed E-state index contributed by atoms with van der Waals surface area (Å²) in [6.07, 6.45) is 3.28. The standard InChI is InChI=1S/C15H20N2O3/c1-3-6-20-11-4-5-12-10(9-17-13(12)8-11)7-14(16-2)15(18)19/h4-5,8-9,14,16-17H,3,6-7H2,1-2H3,(H,18,19)/t14-/m0/s1. The SMILES string of the molecule is CCCOc1ccc2c(C[C@H](NC)C(=O)O)c[nH]c2c1. The number of benzene rings is 1. The molecule has 2 aromatic rings. The second-order valence-electron chi connectivity index (χ2n) is 4.75. The minimum absolute atomic E-state index is 0.445. The summed E-state index contributed by atoms with van der Waals surface area (Å²) in [5, 5.41) is 12.9. The molecule has 0 amide bonds. The van der Waals surface area contributed by atoms with Gasteiger partial charge in [-0.3, -0.25) is 4.79 Å². The van der Waals surface area contributed by atoms with E-state index in [-0.39, 0.29) is 0 Å². The van der Waals surface area contributed by atoms with Crippen LogP contribution in [-0.4, -0.2) is 35.8 Å². The van der Waals surface area contributed by atoms with E-state index in [1.807, 2.05) is 24.4 Å². The van der Waals surface area contributed by atoms with E-state index in [9.17, 15) is 4.79 Å². The van der Waals surface area contributed by atoms with E-state index in [0.29, 0.717) is 13.0 Å². The Morgan fingerprint density at radius 2 is 2.30 bits per heavy atom. The molecule has 1 aromatic heterocycles. The van der Waals surface area contributed by atoms with Crippen LogP contribution in [0.2, 0.25) is 0 Å². The number of aliphatic carboxylic acids is 1. The third kappa shape index (κ3) is 3.11. The Kier molecular flexibility index (Phi) is 4.63. The summed E-state index contributed by atoms with van der Waals surface area (Å²) in [6.45, 7) is 2.76. The minimum atomic E-state index is -0.843. The molecule has 0 aliphatic heterocycles. The number of hydrogen-bond acceptors (Lipinski definition) is 3. The number of carboxylic acids is 1. The predicted molar refractivity (Wildman–Crippen MR) is 78.3 cm³/mol. The highest BCUT2D eigenvalue weighted by Gasteiger charge is 2.17. The van der Waals surface area contributed by atoms with Crippen LogP contribution in [0.25, 0.3) is 10.9 Å². The number of ether oxygens (including phenoxy) is 1. The first-order chi connectivity index (χ1) is 9.65. The first-order valence-corrected chi connectivity index (χ1v) is 6.78. The molecule has 0 aliphatic carbocycles. The van der Waals surface area contributed by atoms with Crippen LogP contribution in [0.4, 0.5) is 0 Å². The van der Waals surface area contributed by atoms with Gasteiger partial charge in [0.2, 0.25) is 0 Å². The van der Waals surface area contributed by atoms with Gasteiger partial charge in [0.25, 0.3) is 0 Å². The highest BCUT2D eigenvalue weighted by atomic mass is 16.5. The van der Waals surface area contributed by atoms with Gasteiger partial charge in [0.15, 0.2) is 0 Å².